The van der Waals surface area contributed by atoms with Gasteiger partial charge in [-0.05, 0) is 24.3 Å². The molecule has 1 aliphatic rings. The number of fused-ring (bicyclic) bond motifs is 1. The molecule has 1 aliphatic heterocycles. The van der Waals surface area contributed by atoms with Crippen molar-refractivity contribution in [1.82, 2.24) is 9.88 Å². The van der Waals surface area contributed by atoms with Crippen LogP contribution in [-0.2, 0) is 11.3 Å². The number of carbonyl (C=O) groups is 1. The number of amides is 1. The number of carbonyl (C=O) groups excluding carboxylic acids is 1. The number of alkyl carbamates (subject to hydrolysis) is 1. The lowest BCUT2D eigenvalue weighted by Crippen LogP contribution is -2.20. The second kappa shape index (κ2) is 4.08. The van der Waals surface area contributed by atoms with Crippen LogP contribution in [0.2, 0.25) is 0 Å². The molecule has 1 aromatic heterocycles. The van der Waals surface area contributed by atoms with E-state index in [4.69, 9.17) is 10.00 Å². The van der Waals surface area contributed by atoms with Gasteiger partial charge in [-0.15, -0.1) is 0 Å². The van der Waals surface area contributed by atoms with E-state index in [1.165, 1.54) is 0 Å². The minimum Gasteiger partial charge on any atom is -0.442 e. The van der Waals surface area contributed by atoms with Gasteiger partial charge in [0.1, 0.15) is 6.10 Å². The van der Waals surface area contributed by atoms with Crippen LogP contribution in [0.25, 0.3) is 10.9 Å². The molecule has 0 spiro atoms. The fraction of sp³-hybridized carbons (Fsp3) is 0.231. The van der Waals surface area contributed by atoms with Crippen LogP contribution in [0.1, 0.15) is 5.56 Å². The van der Waals surface area contributed by atoms with Crippen molar-refractivity contribution in [1.29, 1.82) is 5.26 Å². The third-order valence-electron chi connectivity index (χ3n) is 3.05. The molecule has 5 heteroatoms. The van der Waals surface area contributed by atoms with Crippen molar-refractivity contribution in [3.63, 3.8) is 0 Å². The highest BCUT2D eigenvalue weighted by Gasteiger charge is 2.22. The molecule has 1 fully saturated rings. The zero-order valence-corrected chi connectivity index (χ0v) is 9.59. The summed E-state index contributed by atoms with van der Waals surface area (Å²) in [6, 6.07) is 9.63. The Hall–Kier alpha value is -2.48. The molecule has 2 aromatic rings. The van der Waals surface area contributed by atoms with Crippen LogP contribution in [0, 0.1) is 11.3 Å². The van der Waals surface area contributed by atoms with Crippen molar-refractivity contribution in [3.05, 3.63) is 36.0 Å². The van der Waals surface area contributed by atoms with E-state index >= 15 is 0 Å². The highest BCUT2D eigenvalue weighted by atomic mass is 16.6. The molecule has 0 radical (unpaired) electrons. The summed E-state index contributed by atoms with van der Waals surface area (Å²) in [5, 5.41) is 12.5. The molecule has 1 aromatic carbocycles. The first-order chi connectivity index (χ1) is 8.76. The first-order valence-corrected chi connectivity index (χ1v) is 5.70. The number of aromatic nitrogens is 1. The number of cyclic esters (lactones) is 1. The predicted molar refractivity (Wildman–Crippen MR) is 64.9 cm³/mol. The van der Waals surface area contributed by atoms with E-state index in [1.54, 1.807) is 6.07 Å². The van der Waals surface area contributed by atoms with Crippen LogP contribution < -0.4 is 5.32 Å². The minimum atomic E-state index is -0.358. The van der Waals surface area contributed by atoms with E-state index in [-0.39, 0.29) is 12.2 Å². The van der Waals surface area contributed by atoms with Crippen LogP contribution in [0.4, 0.5) is 4.79 Å². The summed E-state index contributed by atoms with van der Waals surface area (Å²) in [6.45, 7) is 1.16. The van der Waals surface area contributed by atoms with Crippen molar-refractivity contribution in [3.8, 4) is 6.07 Å². The Balaban J connectivity index is 1.89. The van der Waals surface area contributed by atoms with Gasteiger partial charge >= 0.3 is 6.09 Å². The summed E-state index contributed by atoms with van der Waals surface area (Å²) in [6.07, 6.45) is 1.45. The Morgan fingerprint density at radius 3 is 3.11 bits per heavy atom. The van der Waals surface area contributed by atoms with Crippen LogP contribution in [0.3, 0.4) is 0 Å². The number of hydrogen-bond donors (Lipinski definition) is 1. The third-order valence-corrected chi connectivity index (χ3v) is 3.05. The molecule has 18 heavy (non-hydrogen) atoms. The molecule has 2 heterocycles. The van der Waals surface area contributed by atoms with Gasteiger partial charge in [-0.1, -0.05) is 0 Å². The topological polar surface area (TPSA) is 67.0 Å². The summed E-state index contributed by atoms with van der Waals surface area (Å²) in [4.78, 5) is 11.0. The Labute approximate surface area is 104 Å². The van der Waals surface area contributed by atoms with Gasteiger partial charge in [0, 0.05) is 17.1 Å². The Morgan fingerprint density at radius 1 is 1.50 bits per heavy atom. The van der Waals surface area contributed by atoms with Gasteiger partial charge in [0.25, 0.3) is 0 Å². The second-order valence-corrected chi connectivity index (χ2v) is 4.26. The first kappa shape index (κ1) is 10.7. The van der Waals surface area contributed by atoms with Crippen LogP contribution >= 0.6 is 0 Å². The summed E-state index contributed by atoms with van der Waals surface area (Å²) in [7, 11) is 0. The number of rotatable bonds is 2. The molecule has 5 nitrogen and oxygen atoms in total. The Bertz CT molecular complexity index is 654. The largest absolute Gasteiger partial charge is 0.442 e. The highest BCUT2D eigenvalue weighted by Crippen LogP contribution is 2.18. The summed E-state index contributed by atoms with van der Waals surface area (Å²) in [5.41, 5.74) is 1.69. The fourth-order valence-corrected chi connectivity index (χ4v) is 2.18. The van der Waals surface area contributed by atoms with Crippen molar-refractivity contribution in [2.24, 2.45) is 0 Å². The van der Waals surface area contributed by atoms with E-state index in [2.05, 4.69) is 11.4 Å². The fourth-order valence-electron chi connectivity index (χ4n) is 2.18. The molecule has 1 amide bonds. The summed E-state index contributed by atoms with van der Waals surface area (Å²) < 4.78 is 7.13. The van der Waals surface area contributed by atoms with Crippen LogP contribution in [0.5, 0.6) is 0 Å². The molecule has 3 rings (SSSR count). The number of ether oxygens (including phenoxy) is 1. The molecule has 1 N–H and O–H groups in total. The highest BCUT2D eigenvalue weighted by molar-refractivity contribution is 5.81. The Morgan fingerprint density at radius 2 is 2.39 bits per heavy atom. The van der Waals surface area contributed by atoms with E-state index in [0.717, 1.165) is 10.9 Å². The maximum absolute atomic E-state index is 11.0. The smallest absolute Gasteiger partial charge is 0.407 e. The predicted octanol–water partition coefficient (Wildman–Crippen LogP) is 1.62. The van der Waals surface area contributed by atoms with Gasteiger partial charge in [0.2, 0.25) is 0 Å². The summed E-state index contributed by atoms with van der Waals surface area (Å²) >= 11 is 0. The third kappa shape index (κ3) is 1.78. The molecule has 90 valence electrons. The number of nitriles is 1. The lowest BCUT2D eigenvalue weighted by Gasteiger charge is -2.10. The molecule has 0 aliphatic carbocycles. The van der Waals surface area contributed by atoms with Crippen molar-refractivity contribution in [2.75, 3.05) is 6.54 Å². The minimum absolute atomic E-state index is 0.135. The molecule has 0 saturated carbocycles. The summed E-state index contributed by atoms with van der Waals surface area (Å²) in [5.74, 6) is 0. The molecular weight excluding hydrogens is 230 g/mol. The lowest BCUT2D eigenvalue weighted by atomic mass is 10.2. The van der Waals surface area contributed by atoms with Gasteiger partial charge in [0.05, 0.1) is 24.7 Å². The average molecular weight is 241 g/mol. The number of nitrogens with one attached hydrogen (secondary N) is 1. The first-order valence-electron chi connectivity index (χ1n) is 5.70. The standard InChI is InChI=1S/C13H11N3O2/c14-6-9-1-2-12-10(5-9)3-4-16(12)8-11-7-15-13(17)18-11/h1-5,11H,7-8H2,(H,15,17). The number of benzene rings is 1. The quantitative estimate of drug-likeness (QED) is 0.868. The monoisotopic (exact) mass is 241 g/mol. The molecule has 1 atom stereocenters. The number of nitrogens with zero attached hydrogens (tertiary/aromatic N) is 2. The van der Waals surface area contributed by atoms with E-state index in [1.807, 2.05) is 29.0 Å². The maximum atomic E-state index is 11.0. The molecular formula is C13H11N3O2. The van der Waals surface area contributed by atoms with Crippen molar-refractivity contribution in [2.45, 2.75) is 12.6 Å². The van der Waals surface area contributed by atoms with Crippen LogP contribution in [-0.4, -0.2) is 23.3 Å². The van der Waals surface area contributed by atoms with Gasteiger partial charge in [-0.3, -0.25) is 0 Å². The zero-order valence-electron chi connectivity index (χ0n) is 9.59. The SMILES string of the molecule is N#Cc1ccc2c(ccn2CC2CNC(=O)O2)c1. The van der Waals surface area contributed by atoms with E-state index in [0.29, 0.717) is 18.7 Å². The maximum Gasteiger partial charge on any atom is 0.407 e. The van der Waals surface area contributed by atoms with Crippen molar-refractivity contribution < 1.29 is 9.53 Å². The molecule has 0 bridgehead atoms. The van der Waals surface area contributed by atoms with Crippen molar-refractivity contribution >= 4 is 17.0 Å². The van der Waals surface area contributed by atoms with E-state index < -0.39 is 0 Å². The zero-order chi connectivity index (χ0) is 12.5. The average Bonchev–Trinajstić information content (AvgIpc) is 2.96. The molecule has 1 saturated heterocycles. The Kier molecular flexibility index (Phi) is 2.41. The molecule has 1 unspecified atom stereocenters. The lowest BCUT2D eigenvalue weighted by molar-refractivity contribution is 0.131. The van der Waals surface area contributed by atoms with E-state index in [9.17, 15) is 4.79 Å². The van der Waals surface area contributed by atoms with Gasteiger partial charge in [-0.25, -0.2) is 4.79 Å². The van der Waals surface area contributed by atoms with Crippen LogP contribution in [0.15, 0.2) is 30.5 Å². The van der Waals surface area contributed by atoms with Gasteiger partial charge in [-0.2, -0.15) is 5.26 Å². The van der Waals surface area contributed by atoms with Gasteiger partial charge in [0.15, 0.2) is 0 Å². The van der Waals surface area contributed by atoms with Gasteiger partial charge < -0.3 is 14.6 Å². The second-order valence-electron chi connectivity index (χ2n) is 4.26. The number of hydrogen-bond acceptors (Lipinski definition) is 3. The normalized spacial score (nSPS) is 18.4.